The van der Waals surface area contributed by atoms with E-state index < -0.39 is 0 Å². The van der Waals surface area contributed by atoms with Gasteiger partial charge >= 0.3 is 0 Å². The molecule has 2 heteroatoms. The van der Waals surface area contributed by atoms with E-state index in [9.17, 15) is 0 Å². The van der Waals surface area contributed by atoms with Crippen molar-refractivity contribution in [3.63, 3.8) is 0 Å². The molecule has 54 valence electrons. The van der Waals surface area contributed by atoms with Crippen LogP contribution in [0.1, 0.15) is 13.8 Å². The van der Waals surface area contributed by atoms with Crippen LogP contribution in [-0.4, -0.2) is 18.3 Å². The van der Waals surface area contributed by atoms with Crippen LogP contribution >= 0.6 is 0 Å². The Balaban J connectivity index is 3.48. The van der Waals surface area contributed by atoms with Crippen LogP contribution in [0.2, 0.25) is 0 Å². The zero-order chi connectivity index (χ0) is 7.28. The fourth-order valence-electron chi connectivity index (χ4n) is 0.409. The fourth-order valence-corrected chi connectivity index (χ4v) is 0.409. The predicted octanol–water partition coefficient (Wildman–Crippen LogP) is 0.736. The van der Waals surface area contributed by atoms with Gasteiger partial charge in [0.15, 0.2) is 0 Å². The highest BCUT2D eigenvalue weighted by Crippen LogP contribution is 2.01. The molecular formula is C7H15NO. The average Bonchev–Trinajstić information content (AvgIpc) is 1.82. The smallest absolute Gasteiger partial charge is 0.0572 e. The van der Waals surface area contributed by atoms with Gasteiger partial charge in [-0.15, -0.1) is 0 Å². The molecule has 0 saturated carbocycles. The molecule has 0 heterocycles. The van der Waals surface area contributed by atoms with E-state index in [0.717, 1.165) is 0 Å². The van der Waals surface area contributed by atoms with Crippen LogP contribution in [-0.2, 0) is 0 Å². The lowest BCUT2D eigenvalue weighted by Gasteiger charge is -2.07. The standard InChI is InChI=1S/C7H15NO/c1-6(7(2)9)4-5-8-3/h4-9H,1-3H3. The summed E-state index contributed by atoms with van der Waals surface area (Å²) in [6, 6.07) is 0. The summed E-state index contributed by atoms with van der Waals surface area (Å²) in [7, 11) is 1.84. The minimum Gasteiger partial charge on any atom is -0.394 e. The van der Waals surface area contributed by atoms with Crippen molar-refractivity contribution < 1.29 is 5.11 Å². The topological polar surface area (TPSA) is 32.3 Å². The zero-order valence-corrected chi connectivity index (χ0v) is 6.26. The van der Waals surface area contributed by atoms with Crippen LogP contribution in [0.5, 0.6) is 0 Å². The third-order valence-electron chi connectivity index (χ3n) is 1.33. The van der Waals surface area contributed by atoms with Crippen molar-refractivity contribution in [3.05, 3.63) is 12.3 Å². The van der Waals surface area contributed by atoms with Gasteiger partial charge in [-0.25, -0.2) is 0 Å². The molecule has 0 aliphatic heterocycles. The molecule has 9 heavy (non-hydrogen) atoms. The van der Waals surface area contributed by atoms with Gasteiger partial charge in [0, 0.05) is 13.0 Å². The SMILES string of the molecule is CNC=CC(C)C(C)O. The van der Waals surface area contributed by atoms with Crippen molar-refractivity contribution in [1.29, 1.82) is 0 Å². The number of hydrogen-bond donors (Lipinski definition) is 2. The molecule has 0 aliphatic rings. The summed E-state index contributed by atoms with van der Waals surface area (Å²) >= 11 is 0. The Kier molecular flexibility index (Phi) is 4.14. The van der Waals surface area contributed by atoms with E-state index in [1.165, 1.54) is 0 Å². The second-order valence-electron chi connectivity index (χ2n) is 2.25. The van der Waals surface area contributed by atoms with Crippen LogP contribution in [0.25, 0.3) is 0 Å². The van der Waals surface area contributed by atoms with Gasteiger partial charge in [-0.05, 0) is 13.1 Å². The molecule has 0 saturated heterocycles. The maximum Gasteiger partial charge on any atom is 0.0572 e. The number of nitrogens with one attached hydrogen (secondary N) is 1. The van der Waals surface area contributed by atoms with Crippen LogP contribution in [0.15, 0.2) is 12.3 Å². The van der Waals surface area contributed by atoms with Gasteiger partial charge in [-0.2, -0.15) is 0 Å². The van der Waals surface area contributed by atoms with Crippen LogP contribution in [0.4, 0.5) is 0 Å². The quantitative estimate of drug-likeness (QED) is 0.589. The summed E-state index contributed by atoms with van der Waals surface area (Å²) in [6.45, 7) is 3.75. The number of hydrogen-bond acceptors (Lipinski definition) is 2. The number of aliphatic hydroxyl groups excluding tert-OH is 1. The molecule has 0 rings (SSSR count). The predicted molar refractivity (Wildman–Crippen MR) is 39.0 cm³/mol. The van der Waals surface area contributed by atoms with Crippen LogP contribution in [0.3, 0.4) is 0 Å². The first kappa shape index (κ1) is 8.50. The Bertz CT molecular complexity index is 88.9. The molecule has 0 aromatic heterocycles. The maximum atomic E-state index is 8.97. The zero-order valence-electron chi connectivity index (χ0n) is 6.26. The van der Waals surface area contributed by atoms with E-state index in [0.29, 0.717) is 0 Å². The first-order chi connectivity index (χ1) is 4.18. The van der Waals surface area contributed by atoms with E-state index >= 15 is 0 Å². The number of rotatable bonds is 3. The Hall–Kier alpha value is -0.500. The third kappa shape index (κ3) is 4.03. The average molecular weight is 129 g/mol. The van der Waals surface area contributed by atoms with E-state index in [2.05, 4.69) is 5.32 Å². The van der Waals surface area contributed by atoms with Crippen molar-refractivity contribution in [2.75, 3.05) is 7.05 Å². The monoisotopic (exact) mass is 129 g/mol. The molecular weight excluding hydrogens is 114 g/mol. The van der Waals surface area contributed by atoms with Crippen molar-refractivity contribution in [2.24, 2.45) is 5.92 Å². The van der Waals surface area contributed by atoms with E-state index in [1.807, 2.05) is 26.2 Å². The first-order valence-electron chi connectivity index (χ1n) is 3.20. The molecule has 2 atom stereocenters. The molecule has 2 nitrogen and oxygen atoms in total. The van der Waals surface area contributed by atoms with Gasteiger partial charge in [-0.3, -0.25) is 0 Å². The second-order valence-corrected chi connectivity index (χ2v) is 2.25. The largest absolute Gasteiger partial charge is 0.394 e. The molecule has 2 unspecified atom stereocenters. The van der Waals surface area contributed by atoms with E-state index in [4.69, 9.17) is 5.11 Å². The maximum absolute atomic E-state index is 8.97. The molecule has 0 fully saturated rings. The highest BCUT2D eigenvalue weighted by molar-refractivity contribution is 4.85. The Morgan fingerprint density at radius 2 is 2.00 bits per heavy atom. The molecule has 0 aliphatic carbocycles. The van der Waals surface area contributed by atoms with Gasteiger partial charge in [0.05, 0.1) is 6.10 Å². The summed E-state index contributed by atoms with van der Waals surface area (Å²) in [5.74, 6) is 0.234. The Morgan fingerprint density at radius 3 is 2.33 bits per heavy atom. The van der Waals surface area contributed by atoms with Crippen molar-refractivity contribution >= 4 is 0 Å². The minimum absolute atomic E-state index is 0.234. The van der Waals surface area contributed by atoms with Crippen molar-refractivity contribution in [1.82, 2.24) is 5.32 Å². The van der Waals surface area contributed by atoms with E-state index in [1.54, 1.807) is 6.92 Å². The first-order valence-corrected chi connectivity index (χ1v) is 3.20. The molecule has 2 N–H and O–H groups in total. The van der Waals surface area contributed by atoms with Gasteiger partial charge in [0.2, 0.25) is 0 Å². The van der Waals surface area contributed by atoms with E-state index in [-0.39, 0.29) is 12.0 Å². The van der Waals surface area contributed by atoms with Gasteiger partial charge in [0.1, 0.15) is 0 Å². The molecule has 0 bridgehead atoms. The van der Waals surface area contributed by atoms with Crippen LogP contribution < -0.4 is 5.32 Å². The summed E-state index contributed by atoms with van der Waals surface area (Å²) in [4.78, 5) is 0. The Labute approximate surface area is 56.6 Å². The summed E-state index contributed by atoms with van der Waals surface area (Å²) in [6.07, 6.45) is 3.51. The highest BCUT2D eigenvalue weighted by Gasteiger charge is 2.01. The normalized spacial score (nSPS) is 17.8. The lowest BCUT2D eigenvalue weighted by Crippen LogP contribution is -2.10. The molecule has 0 radical (unpaired) electrons. The van der Waals surface area contributed by atoms with Crippen molar-refractivity contribution in [3.8, 4) is 0 Å². The minimum atomic E-state index is -0.255. The lowest BCUT2D eigenvalue weighted by atomic mass is 10.1. The van der Waals surface area contributed by atoms with Gasteiger partial charge in [-0.1, -0.05) is 13.0 Å². The Morgan fingerprint density at radius 1 is 1.44 bits per heavy atom. The van der Waals surface area contributed by atoms with Gasteiger partial charge in [0.25, 0.3) is 0 Å². The highest BCUT2D eigenvalue weighted by atomic mass is 16.3. The fraction of sp³-hybridized carbons (Fsp3) is 0.714. The second kappa shape index (κ2) is 4.39. The molecule has 0 aromatic carbocycles. The molecule has 0 amide bonds. The summed E-state index contributed by atoms with van der Waals surface area (Å²) < 4.78 is 0. The lowest BCUT2D eigenvalue weighted by molar-refractivity contribution is 0.157. The molecule has 0 aromatic rings. The van der Waals surface area contributed by atoms with Gasteiger partial charge < -0.3 is 10.4 Å². The summed E-state index contributed by atoms with van der Waals surface area (Å²) in [5, 5.41) is 11.8. The third-order valence-corrected chi connectivity index (χ3v) is 1.33. The van der Waals surface area contributed by atoms with Crippen LogP contribution in [0, 0.1) is 5.92 Å². The molecule has 0 spiro atoms. The van der Waals surface area contributed by atoms with Crippen molar-refractivity contribution in [2.45, 2.75) is 20.0 Å². The summed E-state index contributed by atoms with van der Waals surface area (Å²) in [5.41, 5.74) is 0. The number of aliphatic hydroxyl groups is 1.